The van der Waals surface area contributed by atoms with Crippen LogP contribution in [0.5, 0.6) is 5.75 Å². The van der Waals surface area contributed by atoms with E-state index in [1.165, 1.54) is 30.6 Å². The molecule has 6 atom stereocenters. The highest BCUT2D eigenvalue weighted by atomic mass is 16.3. The fraction of sp³-hybridized carbons (Fsp3) is 0.645. The Balaban J connectivity index is 1.56. The zero-order valence-corrected chi connectivity index (χ0v) is 25.1. The normalized spacial score (nSPS) is 31.4. The number of carbonyl (C=O) groups excluding carboxylic acids is 5. The number of nitrogens with zero attached hydrogens (tertiary/aromatic N) is 3. The van der Waals surface area contributed by atoms with Crippen molar-refractivity contribution in [2.24, 2.45) is 35.3 Å². The van der Waals surface area contributed by atoms with Crippen molar-refractivity contribution in [2.45, 2.75) is 56.7 Å². The van der Waals surface area contributed by atoms with Crippen LogP contribution in [0, 0.1) is 29.6 Å². The van der Waals surface area contributed by atoms with Crippen LogP contribution in [0.1, 0.15) is 53.6 Å². The number of primary amides is 1. The standard InChI is InChI=1S/C31H42N4O7/c1-33(2)24-17(14-35(5)13-15-8-6-7-9-15)12-20(36)22-18(24)10-16-11-19-25(34(3)4)27(38)23(30(32)41)29(40)31(19,42)28(39)21(16)26(22)37/h12,15-16,19,21,23,25,36,42H,6-11,13-14H2,1-5H3,(H2,32,41)/t16-,19-,21?,23?,25-,31-/m0/s1. The number of hydrogen-bond acceptors (Lipinski definition) is 10. The second-order valence-corrected chi connectivity index (χ2v) is 13.3. The molecule has 0 bridgehead atoms. The number of aliphatic hydroxyl groups is 1. The van der Waals surface area contributed by atoms with Crippen LogP contribution in [-0.2, 0) is 32.1 Å². The first kappa shape index (κ1) is 30.3. The van der Waals surface area contributed by atoms with Gasteiger partial charge in [-0.2, -0.15) is 0 Å². The zero-order valence-electron chi connectivity index (χ0n) is 25.1. The Labute approximate surface area is 246 Å². The van der Waals surface area contributed by atoms with E-state index in [2.05, 4.69) is 4.90 Å². The summed E-state index contributed by atoms with van der Waals surface area (Å²) >= 11 is 0. The van der Waals surface area contributed by atoms with E-state index >= 15 is 0 Å². The molecule has 2 unspecified atom stereocenters. The maximum Gasteiger partial charge on any atom is 0.235 e. The number of aromatic hydroxyl groups is 1. The van der Waals surface area contributed by atoms with Crippen LogP contribution < -0.4 is 10.6 Å². The van der Waals surface area contributed by atoms with Crippen LogP contribution in [0.15, 0.2) is 6.07 Å². The first-order valence-corrected chi connectivity index (χ1v) is 14.8. The second kappa shape index (κ2) is 10.8. The van der Waals surface area contributed by atoms with Crippen LogP contribution in [0.2, 0.25) is 0 Å². The zero-order chi connectivity index (χ0) is 30.8. The SMILES string of the molecule is CN(Cc1cc(O)c2c(c1N(C)C)C[C@H]1C[C@H]3[C@H](N(C)C)C(=O)C(C(N)=O)C(=O)[C@@]3(O)C(=O)C1C2=O)CC1CCCC1. The molecule has 42 heavy (non-hydrogen) atoms. The molecule has 4 N–H and O–H groups in total. The molecular weight excluding hydrogens is 540 g/mol. The number of amides is 1. The maximum absolute atomic E-state index is 14.0. The van der Waals surface area contributed by atoms with E-state index in [0.717, 1.165) is 17.8 Å². The number of phenols is 1. The molecule has 5 rings (SSSR count). The lowest BCUT2D eigenvalue weighted by Crippen LogP contribution is -2.74. The number of rotatable bonds is 7. The lowest BCUT2D eigenvalue weighted by molar-refractivity contribution is -0.181. The van der Waals surface area contributed by atoms with E-state index in [1.54, 1.807) is 20.2 Å². The van der Waals surface area contributed by atoms with Gasteiger partial charge in [0, 0.05) is 38.8 Å². The van der Waals surface area contributed by atoms with Gasteiger partial charge in [-0.15, -0.1) is 0 Å². The molecule has 11 nitrogen and oxygen atoms in total. The van der Waals surface area contributed by atoms with Gasteiger partial charge >= 0.3 is 0 Å². The topological polar surface area (TPSA) is 162 Å². The summed E-state index contributed by atoms with van der Waals surface area (Å²) in [5.74, 6) is -9.68. The van der Waals surface area contributed by atoms with Crippen molar-refractivity contribution < 1.29 is 34.2 Å². The second-order valence-electron chi connectivity index (χ2n) is 13.3. The Bertz CT molecular complexity index is 1350. The third kappa shape index (κ3) is 4.57. The molecule has 228 valence electrons. The number of benzene rings is 1. The van der Waals surface area contributed by atoms with E-state index in [-0.39, 0.29) is 24.2 Å². The molecule has 3 saturated carbocycles. The van der Waals surface area contributed by atoms with Crippen molar-refractivity contribution in [3.63, 3.8) is 0 Å². The van der Waals surface area contributed by atoms with Gasteiger partial charge in [-0.25, -0.2) is 0 Å². The molecule has 1 aromatic rings. The van der Waals surface area contributed by atoms with Gasteiger partial charge in [-0.05, 0) is 75.9 Å². The van der Waals surface area contributed by atoms with E-state index in [0.29, 0.717) is 18.0 Å². The van der Waals surface area contributed by atoms with Gasteiger partial charge in [0.25, 0.3) is 0 Å². The fourth-order valence-corrected chi connectivity index (χ4v) is 8.40. The van der Waals surface area contributed by atoms with Crippen molar-refractivity contribution in [2.75, 3.05) is 46.7 Å². The molecule has 3 fully saturated rings. The van der Waals surface area contributed by atoms with Gasteiger partial charge in [0.05, 0.1) is 17.5 Å². The van der Waals surface area contributed by atoms with Crippen LogP contribution in [-0.4, -0.2) is 102 Å². The van der Waals surface area contributed by atoms with E-state index in [1.807, 2.05) is 26.0 Å². The minimum absolute atomic E-state index is 0.0208. The minimum Gasteiger partial charge on any atom is -0.507 e. The molecule has 0 saturated heterocycles. The number of phenolic OH excluding ortho intramolecular Hbond substituents is 1. The number of fused-ring (bicyclic) bond motifs is 3. The summed E-state index contributed by atoms with van der Waals surface area (Å²) in [5, 5.41) is 22.9. The summed E-state index contributed by atoms with van der Waals surface area (Å²) in [6.07, 6.45) is 5.18. The third-order valence-electron chi connectivity index (χ3n) is 10.0. The summed E-state index contributed by atoms with van der Waals surface area (Å²) in [7, 11) is 8.95. The summed E-state index contributed by atoms with van der Waals surface area (Å²) in [6, 6.07) is 0.460. The summed E-state index contributed by atoms with van der Waals surface area (Å²) < 4.78 is 0. The molecule has 11 heteroatoms. The number of ketones is 4. The minimum atomic E-state index is -2.72. The molecule has 4 aliphatic carbocycles. The van der Waals surface area contributed by atoms with Crippen LogP contribution in [0.25, 0.3) is 0 Å². The van der Waals surface area contributed by atoms with E-state index in [9.17, 15) is 34.2 Å². The highest BCUT2D eigenvalue weighted by Gasteiger charge is 2.69. The Kier molecular flexibility index (Phi) is 7.83. The Hall–Kier alpha value is -3.15. The predicted molar refractivity (Wildman–Crippen MR) is 154 cm³/mol. The third-order valence-corrected chi connectivity index (χ3v) is 10.0. The quantitative estimate of drug-likeness (QED) is 0.387. The van der Waals surface area contributed by atoms with Crippen LogP contribution in [0.4, 0.5) is 5.69 Å². The average Bonchev–Trinajstić information content (AvgIpc) is 3.38. The van der Waals surface area contributed by atoms with Gasteiger partial charge in [0.1, 0.15) is 5.75 Å². The Morgan fingerprint density at radius 2 is 1.69 bits per heavy atom. The van der Waals surface area contributed by atoms with Crippen molar-refractivity contribution in [3.05, 3.63) is 22.8 Å². The predicted octanol–water partition coefficient (Wildman–Crippen LogP) is 0.555. The van der Waals surface area contributed by atoms with Gasteiger partial charge in [-0.3, -0.25) is 28.9 Å². The summed E-state index contributed by atoms with van der Waals surface area (Å²) in [6.45, 7) is 1.50. The molecule has 0 aliphatic heterocycles. The highest BCUT2D eigenvalue weighted by Crippen LogP contribution is 2.52. The number of hydrogen-bond donors (Lipinski definition) is 3. The number of anilines is 1. The number of nitrogens with two attached hydrogens (primary N) is 1. The van der Waals surface area contributed by atoms with Gasteiger partial charge < -0.3 is 25.7 Å². The van der Waals surface area contributed by atoms with Crippen molar-refractivity contribution in [3.8, 4) is 5.75 Å². The summed E-state index contributed by atoms with van der Waals surface area (Å²) in [4.78, 5) is 72.6. The molecule has 4 aliphatic rings. The lowest BCUT2D eigenvalue weighted by atomic mass is 9.52. The highest BCUT2D eigenvalue weighted by molar-refractivity contribution is 6.32. The van der Waals surface area contributed by atoms with E-state index in [4.69, 9.17) is 5.73 Å². The number of Topliss-reactive ketones (excluding diaryl/α,β-unsaturated/α-hetero) is 4. The van der Waals surface area contributed by atoms with Crippen LogP contribution >= 0.6 is 0 Å². The molecule has 0 spiro atoms. The monoisotopic (exact) mass is 582 g/mol. The smallest absolute Gasteiger partial charge is 0.235 e. The maximum atomic E-state index is 14.0. The van der Waals surface area contributed by atoms with Crippen molar-refractivity contribution >= 4 is 34.7 Å². The Morgan fingerprint density at radius 1 is 1.05 bits per heavy atom. The Morgan fingerprint density at radius 3 is 2.26 bits per heavy atom. The first-order chi connectivity index (χ1) is 19.7. The lowest BCUT2D eigenvalue weighted by Gasteiger charge is -2.52. The van der Waals surface area contributed by atoms with Crippen LogP contribution in [0.3, 0.4) is 0 Å². The largest absolute Gasteiger partial charge is 0.507 e. The summed E-state index contributed by atoms with van der Waals surface area (Å²) in [5.41, 5.74) is 4.97. The van der Waals surface area contributed by atoms with Gasteiger partial charge in [-0.1, -0.05) is 12.8 Å². The molecule has 0 aromatic heterocycles. The number of carbonyl (C=O) groups is 5. The average molecular weight is 583 g/mol. The fourth-order valence-electron chi connectivity index (χ4n) is 8.40. The van der Waals surface area contributed by atoms with Crippen molar-refractivity contribution in [1.29, 1.82) is 0 Å². The first-order valence-electron chi connectivity index (χ1n) is 14.8. The molecule has 0 heterocycles. The van der Waals surface area contributed by atoms with Gasteiger partial charge in [0.15, 0.2) is 34.7 Å². The molecule has 0 radical (unpaired) electrons. The molecule has 1 aromatic carbocycles. The van der Waals surface area contributed by atoms with Crippen molar-refractivity contribution in [1.82, 2.24) is 9.80 Å². The molecule has 1 amide bonds. The van der Waals surface area contributed by atoms with E-state index < -0.39 is 64.4 Å². The molecular formula is C31H42N4O7. The van der Waals surface area contributed by atoms with Gasteiger partial charge in [0.2, 0.25) is 5.91 Å². The number of likely N-dealkylation sites (N-methyl/N-ethyl adjacent to an activating group) is 1.